The SMILES string of the molecule is CC(Cc1ccc(Cl)cc1)NC1C2CCOC2C1(C)C. The van der Waals surface area contributed by atoms with Crippen LogP contribution in [0, 0.1) is 11.3 Å². The number of nitrogens with one attached hydrogen (secondary N) is 1. The van der Waals surface area contributed by atoms with E-state index in [4.69, 9.17) is 16.3 Å². The molecule has 1 saturated heterocycles. The van der Waals surface area contributed by atoms with Crippen LogP contribution in [0.5, 0.6) is 0 Å². The molecular formula is C17H24ClNO. The second-order valence-electron chi connectivity index (χ2n) is 6.94. The average molecular weight is 294 g/mol. The topological polar surface area (TPSA) is 21.3 Å². The standard InChI is InChI=1S/C17H24ClNO/c1-11(10-12-4-6-13(18)7-5-12)19-15-14-8-9-20-16(14)17(15,2)3/h4-7,11,14-16,19H,8-10H2,1-3H3. The molecular weight excluding hydrogens is 270 g/mol. The lowest BCUT2D eigenvalue weighted by Gasteiger charge is -2.55. The third kappa shape index (κ3) is 2.49. The molecule has 1 aromatic carbocycles. The van der Waals surface area contributed by atoms with Crippen molar-refractivity contribution in [3.8, 4) is 0 Å². The van der Waals surface area contributed by atoms with E-state index in [9.17, 15) is 0 Å². The van der Waals surface area contributed by atoms with Crippen LogP contribution < -0.4 is 5.32 Å². The van der Waals surface area contributed by atoms with Gasteiger partial charge < -0.3 is 10.1 Å². The summed E-state index contributed by atoms with van der Waals surface area (Å²) in [5.74, 6) is 0.706. The zero-order chi connectivity index (χ0) is 14.3. The molecule has 2 aliphatic rings. The van der Waals surface area contributed by atoms with Crippen LogP contribution in [0.3, 0.4) is 0 Å². The van der Waals surface area contributed by atoms with Crippen LogP contribution in [0.15, 0.2) is 24.3 Å². The largest absolute Gasteiger partial charge is 0.377 e. The van der Waals surface area contributed by atoms with Crippen LogP contribution in [0.25, 0.3) is 0 Å². The summed E-state index contributed by atoms with van der Waals surface area (Å²) in [5, 5.41) is 4.63. The van der Waals surface area contributed by atoms with Gasteiger partial charge in [0.25, 0.3) is 0 Å². The number of benzene rings is 1. The molecule has 1 saturated carbocycles. The van der Waals surface area contributed by atoms with Crippen LogP contribution in [-0.2, 0) is 11.2 Å². The first-order valence-electron chi connectivity index (χ1n) is 7.60. The van der Waals surface area contributed by atoms with Crippen molar-refractivity contribution in [2.75, 3.05) is 6.61 Å². The van der Waals surface area contributed by atoms with Crippen LogP contribution in [0.1, 0.15) is 32.8 Å². The molecule has 0 bridgehead atoms. The Morgan fingerprint density at radius 1 is 1.35 bits per heavy atom. The van der Waals surface area contributed by atoms with Crippen molar-refractivity contribution >= 4 is 11.6 Å². The van der Waals surface area contributed by atoms with Gasteiger partial charge in [0, 0.05) is 35.0 Å². The van der Waals surface area contributed by atoms with Gasteiger partial charge in [0.05, 0.1) is 6.10 Å². The molecule has 4 atom stereocenters. The Labute approximate surface area is 126 Å². The van der Waals surface area contributed by atoms with E-state index in [2.05, 4.69) is 38.2 Å². The number of ether oxygens (including phenoxy) is 1. The first kappa shape index (κ1) is 14.4. The maximum absolute atomic E-state index is 5.93. The molecule has 0 aromatic heterocycles. The van der Waals surface area contributed by atoms with Gasteiger partial charge in [-0.05, 0) is 37.5 Å². The molecule has 1 N–H and O–H groups in total. The summed E-state index contributed by atoms with van der Waals surface area (Å²) < 4.78 is 5.86. The number of hydrogen-bond donors (Lipinski definition) is 1. The molecule has 1 aromatic rings. The lowest BCUT2D eigenvalue weighted by Crippen LogP contribution is -2.67. The summed E-state index contributed by atoms with van der Waals surface area (Å²) in [6.07, 6.45) is 2.71. The number of fused-ring (bicyclic) bond motifs is 1. The van der Waals surface area contributed by atoms with E-state index in [1.165, 1.54) is 12.0 Å². The lowest BCUT2D eigenvalue weighted by atomic mass is 9.57. The molecule has 2 fully saturated rings. The highest BCUT2D eigenvalue weighted by Gasteiger charge is 2.59. The fraction of sp³-hybridized carbons (Fsp3) is 0.647. The first-order chi connectivity index (χ1) is 9.48. The number of hydrogen-bond acceptors (Lipinski definition) is 2. The summed E-state index contributed by atoms with van der Waals surface area (Å²) in [6, 6.07) is 9.23. The van der Waals surface area contributed by atoms with E-state index in [1.54, 1.807) is 0 Å². The second-order valence-corrected chi connectivity index (χ2v) is 7.38. The number of rotatable bonds is 4. The molecule has 4 unspecified atom stereocenters. The zero-order valence-electron chi connectivity index (χ0n) is 12.5. The van der Waals surface area contributed by atoms with Crippen molar-refractivity contribution < 1.29 is 4.74 Å². The fourth-order valence-corrected chi connectivity index (χ4v) is 4.13. The molecule has 0 spiro atoms. The van der Waals surface area contributed by atoms with Crippen molar-refractivity contribution in [1.29, 1.82) is 0 Å². The Kier molecular flexibility index (Phi) is 3.83. The molecule has 3 heteroatoms. The van der Waals surface area contributed by atoms with Crippen molar-refractivity contribution in [2.24, 2.45) is 11.3 Å². The third-order valence-electron chi connectivity index (χ3n) is 5.02. The highest BCUT2D eigenvalue weighted by molar-refractivity contribution is 6.30. The Bertz CT molecular complexity index is 470. The molecule has 1 aliphatic heterocycles. The van der Waals surface area contributed by atoms with E-state index in [0.29, 0.717) is 24.1 Å². The summed E-state index contributed by atoms with van der Waals surface area (Å²) in [6.45, 7) is 7.86. The van der Waals surface area contributed by atoms with E-state index >= 15 is 0 Å². The fourth-order valence-electron chi connectivity index (χ4n) is 4.00. The molecule has 0 radical (unpaired) electrons. The van der Waals surface area contributed by atoms with Gasteiger partial charge in [0.2, 0.25) is 0 Å². The van der Waals surface area contributed by atoms with E-state index in [-0.39, 0.29) is 5.41 Å². The molecule has 110 valence electrons. The van der Waals surface area contributed by atoms with Crippen molar-refractivity contribution in [2.45, 2.75) is 51.8 Å². The van der Waals surface area contributed by atoms with Crippen molar-refractivity contribution in [3.05, 3.63) is 34.9 Å². The highest BCUT2D eigenvalue weighted by atomic mass is 35.5. The average Bonchev–Trinajstić information content (AvgIpc) is 2.86. The molecule has 0 amide bonds. The Morgan fingerprint density at radius 3 is 2.75 bits per heavy atom. The molecule has 2 nitrogen and oxygen atoms in total. The molecule has 1 aliphatic carbocycles. The summed E-state index contributed by atoms with van der Waals surface area (Å²) in [5.41, 5.74) is 1.60. The van der Waals surface area contributed by atoms with Crippen molar-refractivity contribution in [3.63, 3.8) is 0 Å². The zero-order valence-corrected chi connectivity index (χ0v) is 13.3. The first-order valence-corrected chi connectivity index (χ1v) is 7.98. The van der Waals surface area contributed by atoms with Gasteiger partial charge in [0.15, 0.2) is 0 Å². The quantitative estimate of drug-likeness (QED) is 0.914. The van der Waals surface area contributed by atoms with Crippen LogP contribution in [0.4, 0.5) is 0 Å². The summed E-state index contributed by atoms with van der Waals surface area (Å²) >= 11 is 5.93. The van der Waals surface area contributed by atoms with Crippen LogP contribution in [0.2, 0.25) is 5.02 Å². The molecule has 20 heavy (non-hydrogen) atoms. The van der Waals surface area contributed by atoms with Gasteiger partial charge in [0.1, 0.15) is 0 Å². The maximum atomic E-state index is 5.93. The van der Waals surface area contributed by atoms with Gasteiger partial charge in [-0.3, -0.25) is 0 Å². The summed E-state index contributed by atoms with van der Waals surface area (Å²) in [7, 11) is 0. The minimum absolute atomic E-state index is 0.259. The highest BCUT2D eigenvalue weighted by Crippen LogP contribution is 2.52. The predicted octanol–water partition coefficient (Wildman–Crippen LogP) is 3.67. The number of halogens is 1. The van der Waals surface area contributed by atoms with Crippen LogP contribution in [-0.4, -0.2) is 24.8 Å². The smallest absolute Gasteiger partial charge is 0.0685 e. The van der Waals surface area contributed by atoms with E-state index in [0.717, 1.165) is 18.1 Å². The third-order valence-corrected chi connectivity index (χ3v) is 5.27. The lowest BCUT2D eigenvalue weighted by molar-refractivity contribution is -0.115. The Balaban J connectivity index is 1.59. The monoisotopic (exact) mass is 293 g/mol. The van der Waals surface area contributed by atoms with Crippen molar-refractivity contribution in [1.82, 2.24) is 5.32 Å². The van der Waals surface area contributed by atoms with E-state index in [1.807, 2.05) is 12.1 Å². The molecule has 3 rings (SSSR count). The van der Waals surface area contributed by atoms with Crippen LogP contribution >= 0.6 is 11.6 Å². The molecule has 1 heterocycles. The summed E-state index contributed by atoms with van der Waals surface area (Å²) in [4.78, 5) is 0. The minimum Gasteiger partial charge on any atom is -0.377 e. The predicted molar refractivity (Wildman–Crippen MR) is 83.2 cm³/mol. The minimum atomic E-state index is 0.259. The van der Waals surface area contributed by atoms with Gasteiger partial charge in [-0.2, -0.15) is 0 Å². The maximum Gasteiger partial charge on any atom is 0.0685 e. The van der Waals surface area contributed by atoms with E-state index < -0.39 is 0 Å². The van der Waals surface area contributed by atoms with Gasteiger partial charge >= 0.3 is 0 Å². The Hall–Kier alpha value is -0.570. The van der Waals surface area contributed by atoms with Gasteiger partial charge in [-0.1, -0.05) is 37.6 Å². The second kappa shape index (κ2) is 5.32. The van der Waals surface area contributed by atoms with Gasteiger partial charge in [-0.25, -0.2) is 0 Å². The normalized spacial score (nSPS) is 32.5. The van der Waals surface area contributed by atoms with Gasteiger partial charge in [-0.15, -0.1) is 0 Å². The Morgan fingerprint density at radius 2 is 2.05 bits per heavy atom.